The molecule has 0 bridgehead atoms. The van der Waals surface area contributed by atoms with Gasteiger partial charge in [0.2, 0.25) is 11.8 Å². The molecule has 0 aliphatic rings. The monoisotopic (exact) mass is 375 g/mol. The van der Waals surface area contributed by atoms with Crippen LogP contribution in [0, 0.1) is 17.0 Å². The lowest BCUT2D eigenvalue weighted by molar-refractivity contribution is -0.392. The van der Waals surface area contributed by atoms with Crippen molar-refractivity contribution in [1.82, 2.24) is 19.7 Å². The number of hydrogen-bond acceptors (Lipinski definition) is 9. The summed E-state index contributed by atoms with van der Waals surface area (Å²) in [5, 5.41) is 28.4. The minimum atomic E-state index is -0.490. The first-order chi connectivity index (χ1) is 13.0. The Morgan fingerprint density at radius 1 is 1.37 bits per heavy atom. The lowest BCUT2D eigenvalue weighted by Crippen LogP contribution is -2.10. The van der Waals surface area contributed by atoms with E-state index in [0.717, 1.165) is 0 Å². The number of nitrogens with zero attached hydrogens (tertiary/aromatic N) is 5. The van der Waals surface area contributed by atoms with Gasteiger partial charge in [-0.2, -0.15) is 0 Å². The maximum Gasteiger partial charge on any atom is 0.342 e. The molecule has 3 aromatic rings. The maximum absolute atomic E-state index is 10.9. The fourth-order valence-electron chi connectivity index (χ4n) is 2.43. The van der Waals surface area contributed by atoms with Crippen molar-refractivity contribution in [3.8, 4) is 23.0 Å². The molecule has 27 heavy (non-hydrogen) atoms. The molecule has 2 heterocycles. The summed E-state index contributed by atoms with van der Waals surface area (Å²) in [6, 6.07) is 4.67. The smallest absolute Gasteiger partial charge is 0.342 e. The quantitative estimate of drug-likeness (QED) is 0.356. The van der Waals surface area contributed by atoms with E-state index in [1.165, 1.54) is 23.9 Å². The Bertz CT molecular complexity index is 951. The Hall–Kier alpha value is -3.47. The van der Waals surface area contributed by atoms with Gasteiger partial charge in [-0.1, -0.05) is 0 Å². The maximum atomic E-state index is 10.9. The first-order valence-corrected chi connectivity index (χ1v) is 7.93. The molecule has 11 nitrogen and oxygen atoms in total. The third kappa shape index (κ3) is 4.03. The standard InChI is InChI=1S/C16H17N5O6/c1-10-17-8-15(21(23)24)20(10)5-6-26-9-14-18-19-16(27-14)11-3-4-12(22)13(7-11)25-2/h3-4,7-8,22H,5-6,9H2,1-2H3. The van der Waals surface area contributed by atoms with Gasteiger partial charge in [-0.15, -0.1) is 10.2 Å². The number of aryl methyl sites for hydroxylation is 1. The molecule has 11 heteroatoms. The summed E-state index contributed by atoms with van der Waals surface area (Å²) in [6.07, 6.45) is 1.21. The topological polar surface area (TPSA) is 139 Å². The van der Waals surface area contributed by atoms with E-state index in [4.69, 9.17) is 13.9 Å². The average molecular weight is 375 g/mol. The fraction of sp³-hybridized carbons (Fsp3) is 0.312. The molecule has 0 atom stereocenters. The molecule has 3 rings (SSSR count). The first-order valence-electron chi connectivity index (χ1n) is 7.93. The molecule has 0 radical (unpaired) electrons. The van der Waals surface area contributed by atoms with Crippen molar-refractivity contribution in [3.63, 3.8) is 0 Å². The van der Waals surface area contributed by atoms with E-state index >= 15 is 0 Å². The number of phenolic OH excluding ortho intramolecular Hbond substituents is 1. The van der Waals surface area contributed by atoms with Crippen molar-refractivity contribution in [2.45, 2.75) is 20.1 Å². The van der Waals surface area contributed by atoms with E-state index in [-0.39, 0.29) is 43.1 Å². The van der Waals surface area contributed by atoms with E-state index < -0.39 is 4.92 Å². The van der Waals surface area contributed by atoms with Crippen LogP contribution in [0.2, 0.25) is 0 Å². The predicted molar refractivity (Wildman–Crippen MR) is 91.2 cm³/mol. The Kier molecular flexibility index (Phi) is 5.31. The van der Waals surface area contributed by atoms with Crippen molar-refractivity contribution in [2.75, 3.05) is 13.7 Å². The van der Waals surface area contributed by atoms with Gasteiger partial charge >= 0.3 is 5.82 Å². The van der Waals surface area contributed by atoms with Gasteiger partial charge in [-0.05, 0) is 23.1 Å². The van der Waals surface area contributed by atoms with Gasteiger partial charge in [-0.3, -0.25) is 0 Å². The minimum absolute atomic E-state index is 0.00760. The number of nitro groups is 1. The van der Waals surface area contributed by atoms with Gasteiger partial charge < -0.3 is 29.1 Å². The van der Waals surface area contributed by atoms with Crippen LogP contribution >= 0.6 is 0 Å². The zero-order valence-corrected chi connectivity index (χ0v) is 14.7. The number of aromatic nitrogens is 4. The number of ether oxygens (including phenoxy) is 2. The third-order valence-electron chi connectivity index (χ3n) is 3.80. The molecule has 2 aromatic heterocycles. The highest BCUT2D eigenvalue weighted by Crippen LogP contribution is 2.30. The molecule has 0 fully saturated rings. The van der Waals surface area contributed by atoms with E-state index in [9.17, 15) is 15.2 Å². The van der Waals surface area contributed by atoms with Crippen LogP contribution in [-0.2, 0) is 17.9 Å². The summed E-state index contributed by atoms with van der Waals surface area (Å²) in [6.45, 7) is 2.23. The Labute approximate surface area is 153 Å². The second-order valence-electron chi connectivity index (χ2n) is 5.51. The molecule has 0 unspecified atom stereocenters. The highest BCUT2D eigenvalue weighted by atomic mass is 16.6. The number of phenols is 1. The SMILES string of the molecule is COc1cc(-c2nnc(COCCn3c([N+](=O)[O-])cnc3C)o2)ccc1O. The van der Waals surface area contributed by atoms with Crippen molar-refractivity contribution >= 4 is 5.82 Å². The van der Waals surface area contributed by atoms with E-state index in [1.807, 2.05) is 0 Å². The van der Waals surface area contributed by atoms with Crippen molar-refractivity contribution < 1.29 is 23.9 Å². The van der Waals surface area contributed by atoms with E-state index in [2.05, 4.69) is 15.2 Å². The van der Waals surface area contributed by atoms with Gasteiger partial charge in [-0.25, -0.2) is 9.55 Å². The third-order valence-corrected chi connectivity index (χ3v) is 3.80. The van der Waals surface area contributed by atoms with Gasteiger partial charge in [0.05, 0.1) is 13.7 Å². The van der Waals surface area contributed by atoms with Crippen molar-refractivity contribution in [1.29, 1.82) is 0 Å². The van der Waals surface area contributed by atoms with Crippen molar-refractivity contribution in [3.05, 3.63) is 46.2 Å². The van der Waals surface area contributed by atoms with Crippen LogP contribution < -0.4 is 4.74 Å². The van der Waals surface area contributed by atoms with Gasteiger partial charge in [0.1, 0.15) is 19.3 Å². The molecule has 0 aliphatic carbocycles. The largest absolute Gasteiger partial charge is 0.504 e. The number of benzene rings is 1. The second kappa shape index (κ2) is 7.83. The molecule has 0 amide bonds. The fourth-order valence-corrected chi connectivity index (χ4v) is 2.43. The van der Waals surface area contributed by atoms with Crippen LogP contribution in [0.4, 0.5) is 5.82 Å². The number of aromatic hydroxyl groups is 1. The summed E-state index contributed by atoms with van der Waals surface area (Å²) < 4.78 is 17.5. The Balaban J connectivity index is 1.58. The van der Waals surface area contributed by atoms with Crippen LogP contribution in [0.5, 0.6) is 11.5 Å². The number of methoxy groups -OCH3 is 1. The lowest BCUT2D eigenvalue weighted by Gasteiger charge is -2.04. The molecule has 0 saturated heterocycles. The van der Waals surface area contributed by atoms with Gasteiger partial charge in [0, 0.05) is 12.5 Å². The molecule has 0 spiro atoms. The Morgan fingerprint density at radius 3 is 2.93 bits per heavy atom. The molecule has 142 valence electrons. The van der Waals surface area contributed by atoms with Crippen LogP contribution in [0.3, 0.4) is 0 Å². The molecular weight excluding hydrogens is 358 g/mol. The van der Waals surface area contributed by atoms with Crippen LogP contribution in [0.1, 0.15) is 11.7 Å². The minimum Gasteiger partial charge on any atom is -0.504 e. The van der Waals surface area contributed by atoms with Crippen LogP contribution in [0.15, 0.2) is 28.8 Å². The van der Waals surface area contributed by atoms with Crippen LogP contribution in [0.25, 0.3) is 11.5 Å². The van der Waals surface area contributed by atoms with E-state index in [0.29, 0.717) is 17.1 Å². The Morgan fingerprint density at radius 2 is 2.19 bits per heavy atom. The highest BCUT2D eigenvalue weighted by Gasteiger charge is 2.17. The number of hydrogen-bond donors (Lipinski definition) is 1. The van der Waals surface area contributed by atoms with Gasteiger partial charge in [0.15, 0.2) is 17.3 Å². The summed E-state index contributed by atoms with van der Waals surface area (Å²) >= 11 is 0. The molecule has 0 aliphatic heterocycles. The lowest BCUT2D eigenvalue weighted by atomic mass is 10.2. The number of rotatable bonds is 8. The molecule has 1 aromatic carbocycles. The molecular formula is C16H17N5O6. The summed E-state index contributed by atoms with van der Waals surface area (Å²) in [5.74, 6) is 1.26. The zero-order valence-electron chi connectivity index (χ0n) is 14.7. The zero-order chi connectivity index (χ0) is 19.4. The number of imidazole rings is 1. The predicted octanol–water partition coefficient (Wildman–Crippen LogP) is 2.08. The van der Waals surface area contributed by atoms with E-state index in [1.54, 1.807) is 19.1 Å². The summed E-state index contributed by atoms with van der Waals surface area (Å²) in [7, 11) is 1.44. The van der Waals surface area contributed by atoms with Gasteiger partial charge in [0.25, 0.3) is 0 Å². The average Bonchev–Trinajstić information content (AvgIpc) is 3.26. The highest BCUT2D eigenvalue weighted by molar-refractivity contribution is 5.59. The van der Waals surface area contributed by atoms with Crippen molar-refractivity contribution in [2.24, 2.45) is 0 Å². The normalized spacial score (nSPS) is 10.9. The summed E-state index contributed by atoms with van der Waals surface area (Å²) in [5.41, 5.74) is 0.591. The molecule has 0 saturated carbocycles. The molecule has 1 N–H and O–H groups in total. The first kappa shape index (κ1) is 18.3. The summed E-state index contributed by atoms with van der Waals surface area (Å²) in [4.78, 5) is 14.4. The van der Waals surface area contributed by atoms with Crippen LogP contribution in [-0.4, -0.2) is 43.5 Å². The second-order valence-corrected chi connectivity index (χ2v) is 5.51.